The highest BCUT2D eigenvalue weighted by Gasteiger charge is 2.51. The number of carbonyl (C=O) groups excluding carboxylic acids is 4. The third-order valence-corrected chi connectivity index (χ3v) is 13.4. The molecule has 0 bridgehead atoms. The molecule has 0 saturated heterocycles. The molecular weight excluding hydrogens is 408 g/mol. The first kappa shape index (κ1) is 31.3. The Kier molecular flexibility index (Phi) is 9.71. The summed E-state index contributed by atoms with van der Waals surface area (Å²) in [6.45, 7) is 31.1. The third kappa shape index (κ3) is 7.67. The molecule has 0 aromatic carbocycles. The Morgan fingerprint density at radius 1 is 0.533 bits per heavy atom. The van der Waals surface area contributed by atoms with Crippen LogP contribution in [-0.2, 0) is 19.2 Å². The summed E-state index contributed by atoms with van der Waals surface area (Å²) < 4.78 is 0. The lowest BCUT2D eigenvalue weighted by molar-refractivity contribution is -0.142. The van der Waals surface area contributed by atoms with Crippen LogP contribution in [0.1, 0.15) is 76.2 Å². The molecule has 0 unspecified atom stereocenters. The van der Waals surface area contributed by atoms with Gasteiger partial charge in [-0.15, -0.1) is 0 Å². The van der Waals surface area contributed by atoms with Crippen molar-refractivity contribution in [1.29, 1.82) is 0 Å². The van der Waals surface area contributed by atoms with E-state index < -0.39 is 27.0 Å². The lowest BCUT2D eigenvalue weighted by Crippen LogP contribution is -2.55. The average Bonchev–Trinajstić information content (AvgIpc) is 2.48. The SMILES string of the molecule is CC(C)(C)C(=O)C(=O)[Si](C)(C)C.CC(C)(C)C(C)(C)C(=O)C(=O)[Si](C)(C)C(C)(C)C. The van der Waals surface area contributed by atoms with Crippen molar-refractivity contribution in [2.45, 2.75) is 114 Å². The van der Waals surface area contributed by atoms with Crippen LogP contribution in [-0.4, -0.2) is 38.5 Å². The van der Waals surface area contributed by atoms with Crippen LogP contribution in [0.5, 0.6) is 0 Å². The van der Waals surface area contributed by atoms with Gasteiger partial charge in [0, 0.05) is 10.8 Å². The van der Waals surface area contributed by atoms with E-state index in [1.807, 2.05) is 67.4 Å². The van der Waals surface area contributed by atoms with Gasteiger partial charge in [-0.1, -0.05) is 109 Å². The molecule has 0 heterocycles. The maximum absolute atomic E-state index is 12.6. The molecule has 176 valence electrons. The Bertz CT molecular complexity index is 614. The first-order chi connectivity index (χ1) is 12.6. The summed E-state index contributed by atoms with van der Waals surface area (Å²) >= 11 is 0. The highest BCUT2D eigenvalue weighted by Crippen LogP contribution is 2.42. The Morgan fingerprint density at radius 3 is 1.03 bits per heavy atom. The highest BCUT2D eigenvalue weighted by molar-refractivity contribution is 7.14. The normalized spacial score (nSPS) is 13.9. The molecule has 0 N–H and O–H groups in total. The molecule has 30 heavy (non-hydrogen) atoms. The minimum Gasteiger partial charge on any atom is -0.297 e. The molecule has 0 aliphatic carbocycles. The Labute approximate surface area is 188 Å². The molecular formula is C24H48O4Si2. The zero-order valence-corrected chi connectivity index (χ0v) is 24.6. The Balaban J connectivity index is 0. The van der Waals surface area contributed by atoms with Gasteiger partial charge in [-0.25, -0.2) is 0 Å². The van der Waals surface area contributed by atoms with E-state index in [9.17, 15) is 19.2 Å². The van der Waals surface area contributed by atoms with Gasteiger partial charge in [0.05, 0.1) is 0 Å². The molecule has 0 fully saturated rings. The van der Waals surface area contributed by atoms with Crippen LogP contribution in [0.4, 0.5) is 0 Å². The zero-order chi connectivity index (χ0) is 25.3. The molecule has 0 radical (unpaired) electrons. The van der Waals surface area contributed by atoms with E-state index >= 15 is 0 Å². The number of hydrogen-bond acceptors (Lipinski definition) is 4. The van der Waals surface area contributed by atoms with Crippen LogP contribution in [0.2, 0.25) is 37.8 Å². The maximum atomic E-state index is 12.6. The van der Waals surface area contributed by atoms with Crippen molar-refractivity contribution in [3.05, 3.63) is 0 Å². The van der Waals surface area contributed by atoms with Gasteiger partial charge in [0.2, 0.25) is 0 Å². The summed E-state index contributed by atoms with van der Waals surface area (Å²) in [7, 11) is -4.17. The van der Waals surface area contributed by atoms with E-state index in [0.717, 1.165) is 0 Å². The van der Waals surface area contributed by atoms with Crippen LogP contribution in [0, 0.1) is 16.2 Å². The Morgan fingerprint density at radius 2 is 0.867 bits per heavy atom. The van der Waals surface area contributed by atoms with Gasteiger partial charge >= 0.3 is 0 Å². The summed E-state index contributed by atoms with van der Waals surface area (Å²) in [5.41, 5.74) is -1.33. The van der Waals surface area contributed by atoms with Crippen LogP contribution in [0.25, 0.3) is 0 Å². The van der Waals surface area contributed by atoms with Gasteiger partial charge in [0.1, 0.15) is 16.1 Å². The molecule has 4 nitrogen and oxygen atoms in total. The highest BCUT2D eigenvalue weighted by atomic mass is 28.3. The lowest BCUT2D eigenvalue weighted by atomic mass is 9.67. The average molecular weight is 457 g/mol. The fourth-order valence-electron chi connectivity index (χ4n) is 1.93. The molecule has 0 aliphatic rings. The van der Waals surface area contributed by atoms with Crippen molar-refractivity contribution in [1.82, 2.24) is 0 Å². The fourth-order valence-corrected chi connectivity index (χ4v) is 4.55. The van der Waals surface area contributed by atoms with Crippen LogP contribution in [0.15, 0.2) is 0 Å². The van der Waals surface area contributed by atoms with Crippen LogP contribution >= 0.6 is 0 Å². The van der Waals surface area contributed by atoms with E-state index in [0.29, 0.717) is 0 Å². The number of hydrogen-bond donors (Lipinski definition) is 0. The smallest absolute Gasteiger partial charge is 0.199 e. The number of rotatable bonds is 5. The minimum atomic E-state index is -2.25. The summed E-state index contributed by atoms with van der Waals surface area (Å²) in [5, 5.41) is -0.349. The zero-order valence-electron chi connectivity index (χ0n) is 22.6. The molecule has 0 amide bonds. The van der Waals surface area contributed by atoms with Gasteiger partial charge in [-0.3, -0.25) is 19.2 Å². The van der Waals surface area contributed by atoms with Gasteiger partial charge < -0.3 is 0 Å². The monoisotopic (exact) mass is 456 g/mol. The van der Waals surface area contributed by atoms with Crippen molar-refractivity contribution in [3.8, 4) is 0 Å². The summed E-state index contributed by atoms with van der Waals surface area (Å²) in [6.07, 6.45) is 0. The molecule has 0 aromatic rings. The maximum Gasteiger partial charge on any atom is 0.199 e. The summed E-state index contributed by atoms with van der Waals surface area (Å²) in [4.78, 5) is 48.2. The molecule has 0 rings (SSSR count). The summed E-state index contributed by atoms with van der Waals surface area (Å²) in [6, 6.07) is 0. The van der Waals surface area contributed by atoms with Gasteiger partial charge in [0.25, 0.3) is 0 Å². The van der Waals surface area contributed by atoms with Crippen molar-refractivity contribution >= 4 is 38.5 Å². The van der Waals surface area contributed by atoms with E-state index in [4.69, 9.17) is 0 Å². The van der Waals surface area contributed by atoms with Crippen molar-refractivity contribution in [3.63, 3.8) is 0 Å². The van der Waals surface area contributed by atoms with Gasteiger partial charge in [-0.05, 0) is 10.5 Å². The standard InChI is InChI=1S/C15H30O2Si.C9H18O2Si/c1-13(2,3)15(7,8)11(16)12(17)18(9,10)14(4,5)6;1-9(2,3)7(10)8(11)12(4,5)6/h1-10H3;1-6H3. The van der Waals surface area contributed by atoms with Crippen LogP contribution in [0.3, 0.4) is 0 Å². The topological polar surface area (TPSA) is 68.3 Å². The molecule has 0 spiro atoms. The van der Waals surface area contributed by atoms with Crippen molar-refractivity contribution in [2.24, 2.45) is 16.2 Å². The molecule has 6 heteroatoms. The fraction of sp³-hybridized carbons (Fsp3) is 0.833. The Hall–Kier alpha value is -0.886. The van der Waals surface area contributed by atoms with Crippen molar-refractivity contribution in [2.75, 3.05) is 0 Å². The van der Waals surface area contributed by atoms with E-state index in [1.54, 1.807) is 20.8 Å². The first-order valence-electron chi connectivity index (χ1n) is 10.8. The number of ketones is 2. The largest absolute Gasteiger partial charge is 0.297 e. The van der Waals surface area contributed by atoms with E-state index in [1.165, 1.54) is 0 Å². The second-order valence-electron chi connectivity index (χ2n) is 13.6. The van der Waals surface area contributed by atoms with Crippen molar-refractivity contribution < 1.29 is 19.2 Å². The first-order valence-corrected chi connectivity index (χ1v) is 17.3. The predicted molar refractivity (Wildman–Crippen MR) is 133 cm³/mol. The second-order valence-corrected chi connectivity index (χ2v) is 23.7. The minimum absolute atomic E-state index is 0.0896. The number of carbonyl (C=O) groups is 4. The molecule has 0 atom stereocenters. The predicted octanol–water partition coefficient (Wildman–Crippen LogP) is 6.29. The quantitative estimate of drug-likeness (QED) is 0.360. The second kappa shape index (κ2) is 9.31. The number of Topliss-reactive ketones (excluding diaryl/α,β-unsaturated/α-hetero) is 2. The molecule has 0 aliphatic heterocycles. The third-order valence-electron chi connectivity index (χ3n) is 6.66. The lowest BCUT2D eigenvalue weighted by Gasteiger charge is -2.41. The van der Waals surface area contributed by atoms with Gasteiger partial charge in [-0.2, -0.15) is 0 Å². The van der Waals surface area contributed by atoms with Crippen LogP contribution < -0.4 is 0 Å². The molecule has 0 saturated carbocycles. The summed E-state index contributed by atoms with van der Waals surface area (Å²) in [5.74, 6) is -0.414. The van der Waals surface area contributed by atoms with Gasteiger partial charge in [0.15, 0.2) is 22.4 Å². The molecule has 0 aromatic heterocycles. The van der Waals surface area contributed by atoms with E-state index in [-0.39, 0.29) is 32.8 Å². The van der Waals surface area contributed by atoms with E-state index in [2.05, 4.69) is 20.8 Å².